The predicted molar refractivity (Wildman–Crippen MR) is 107 cm³/mol. The summed E-state index contributed by atoms with van der Waals surface area (Å²) in [6.45, 7) is 6.66. The van der Waals surface area contributed by atoms with Gasteiger partial charge in [-0.15, -0.1) is 0 Å². The fourth-order valence-electron chi connectivity index (χ4n) is 3.59. The highest BCUT2D eigenvalue weighted by atomic mass is 16.4. The maximum atomic E-state index is 11.2. The van der Waals surface area contributed by atoms with Gasteiger partial charge in [-0.3, -0.25) is 4.98 Å². The first-order valence-corrected chi connectivity index (χ1v) is 10.8. The van der Waals surface area contributed by atoms with Crippen LogP contribution in [0.5, 0.6) is 0 Å². The lowest BCUT2D eigenvalue weighted by Crippen LogP contribution is -2.20. The largest absolute Gasteiger partial charge is 0.416 e. The summed E-state index contributed by atoms with van der Waals surface area (Å²) in [6, 6.07) is 0. The Bertz CT molecular complexity index is 476. The Labute approximate surface area is 155 Å². The van der Waals surface area contributed by atoms with E-state index in [1.807, 2.05) is 0 Å². The highest BCUT2D eigenvalue weighted by Crippen LogP contribution is 2.32. The molecule has 3 heteroatoms. The highest BCUT2D eigenvalue weighted by Gasteiger charge is 2.27. The van der Waals surface area contributed by atoms with E-state index in [9.17, 15) is 4.79 Å². The van der Waals surface area contributed by atoms with Gasteiger partial charge in [0.1, 0.15) is 5.76 Å². The van der Waals surface area contributed by atoms with E-state index < -0.39 is 0 Å². The van der Waals surface area contributed by atoms with E-state index in [-0.39, 0.29) is 11.2 Å². The fraction of sp³-hybridized carbons (Fsp3) is 0.864. The molecule has 0 saturated heterocycles. The number of rotatable bonds is 16. The van der Waals surface area contributed by atoms with Crippen molar-refractivity contribution in [3.63, 3.8) is 0 Å². The maximum Gasteiger partial charge on any atom is 0.416 e. The molecule has 0 radical (unpaired) electrons. The number of aromatic amines is 1. The Balaban J connectivity index is 1.98. The first kappa shape index (κ1) is 22.1. The summed E-state index contributed by atoms with van der Waals surface area (Å²) in [4.78, 5) is 13.9. The number of unbranched alkanes of at least 4 members (excludes halogenated alkanes) is 12. The normalized spacial score (nSPS) is 13.9. The second kappa shape index (κ2) is 13.2. The SMILES string of the molecule is CCCCCCCCCCCCCCCC(C)(CC)c1c[nH]c(=O)o1. The van der Waals surface area contributed by atoms with Crippen molar-refractivity contribution in [1.82, 2.24) is 4.98 Å². The van der Waals surface area contributed by atoms with Crippen LogP contribution in [0.1, 0.15) is 123 Å². The second-order valence-electron chi connectivity index (χ2n) is 7.95. The molecule has 0 fully saturated rings. The molecule has 1 heterocycles. The Hall–Kier alpha value is -0.990. The third kappa shape index (κ3) is 9.32. The monoisotopic (exact) mass is 351 g/mol. The van der Waals surface area contributed by atoms with Gasteiger partial charge in [-0.25, -0.2) is 4.79 Å². The molecule has 0 amide bonds. The molecule has 0 aliphatic rings. The lowest BCUT2D eigenvalue weighted by molar-refractivity contribution is 0.308. The van der Waals surface area contributed by atoms with Crippen molar-refractivity contribution in [2.75, 3.05) is 0 Å². The second-order valence-corrected chi connectivity index (χ2v) is 7.95. The van der Waals surface area contributed by atoms with Gasteiger partial charge in [0.2, 0.25) is 0 Å². The van der Waals surface area contributed by atoms with Crippen LogP contribution < -0.4 is 5.76 Å². The molecule has 1 N–H and O–H groups in total. The van der Waals surface area contributed by atoms with Crippen molar-refractivity contribution in [2.24, 2.45) is 0 Å². The fourth-order valence-corrected chi connectivity index (χ4v) is 3.59. The molecule has 146 valence electrons. The van der Waals surface area contributed by atoms with Crippen LogP contribution in [0.4, 0.5) is 0 Å². The van der Waals surface area contributed by atoms with E-state index in [0.29, 0.717) is 0 Å². The van der Waals surface area contributed by atoms with Crippen molar-refractivity contribution in [3.8, 4) is 0 Å². The number of hydrogen-bond acceptors (Lipinski definition) is 2. The van der Waals surface area contributed by atoms with Crippen LogP contribution in [0.15, 0.2) is 15.4 Å². The average Bonchev–Trinajstić information content (AvgIpc) is 3.06. The van der Waals surface area contributed by atoms with Gasteiger partial charge in [0, 0.05) is 11.6 Å². The zero-order chi connectivity index (χ0) is 18.4. The van der Waals surface area contributed by atoms with Crippen LogP contribution in [-0.4, -0.2) is 4.98 Å². The van der Waals surface area contributed by atoms with Crippen LogP contribution in [0.2, 0.25) is 0 Å². The summed E-state index contributed by atoms with van der Waals surface area (Å²) >= 11 is 0. The van der Waals surface area contributed by atoms with Crippen LogP contribution in [0.3, 0.4) is 0 Å². The smallest absolute Gasteiger partial charge is 0.413 e. The minimum Gasteiger partial charge on any atom is -0.413 e. The summed E-state index contributed by atoms with van der Waals surface area (Å²) in [5.41, 5.74) is -0.00304. The predicted octanol–water partition coefficient (Wildman–Crippen LogP) is 7.12. The van der Waals surface area contributed by atoms with E-state index in [1.54, 1.807) is 6.20 Å². The maximum absolute atomic E-state index is 11.2. The van der Waals surface area contributed by atoms with Gasteiger partial charge in [0.25, 0.3) is 0 Å². The number of nitrogens with one attached hydrogen (secondary N) is 1. The van der Waals surface area contributed by atoms with Gasteiger partial charge < -0.3 is 4.42 Å². The summed E-state index contributed by atoms with van der Waals surface area (Å²) in [7, 11) is 0. The summed E-state index contributed by atoms with van der Waals surface area (Å²) < 4.78 is 5.29. The Morgan fingerprint density at radius 3 is 1.72 bits per heavy atom. The van der Waals surface area contributed by atoms with Crippen molar-refractivity contribution < 1.29 is 4.42 Å². The summed E-state index contributed by atoms with van der Waals surface area (Å²) in [5, 5.41) is 0. The van der Waals surface area contributed by atoms with Crippen molar-refractivity contribution in [2.45, 2.75) is 122 Å². The highest BCUT2D eigenvalue weighted by molar-refractivity contribution is 5.07. The Morgan fingerprint density at radius 1 is 0.840 bits per heavy atom. The van der Waals surface area contributed by atoms with E-state index in [0.717, 1.165) is 18.6 Å². The average molecular weight is 352 g/mol. The quantitative estimate of drug-likeness (QED) is 0.322. The molecule has 1 unspecified atom stereocenters. The van der Waals surface area contributed by atoms with Crippen LogP contribution in [-0.2, 0) is 5.41 Å². The van der Waals surface area contributed by atoms with Gasteiger partial charge in [-0.2, -0.15) is 0 Å². The van der Waals surface area contributed by atoms with E-state index >= 15 is 0 Å². The molecule has 0 aliphatic carbocycles. The molecule has 0 bridgehead atoms. The lowest BCUT2D eigenvalue weighted by Gasteiger charge is -2.25. The lowest BCUT2D eigenvalue weighted by atomic mass is 9.80. The molecule has 25 heavy (non-hydrogen) atoms. The Morgan fingerprint density at radius 2 is 1.32 bits per heavy atom. The summed E-state index contributed by atoms with van der Waals surface area (Å²) in [5.74, 6) is 0.485. The van der Waals surface area contributed by atoms with Crippen LogP contribution >= 0.6 is 0 Å². The molecule has 1 aromatic heterocycles. The first-order valence-electron chi connectivity index (χ1n) is 10.8. The van der Waals surface area contributed by atoms with Crippen molar-refractivity contribution in [1.29, 1.82) is 0 Å². The topological polar surface area (TPSA) is 46.0 Å². The van der Waals surface area contributed by atoms with Crippen molar-refractivity contribution in [3.05, 3.63) is 22.5 Å². The minimum absolute atomic E-state index is 0.00304. The van der Waals surface area contributed by atoms with Crippen LogP contribution in [0, 0.1) is 0 Å². The molecule has 1 rings (SSSR count). The number of hydrogen-bond donors (Lipinski definition) is 1. The zero-order valence-electron chi connectivity index (χ0n) is 17.0. The minimum atomic E-state index is -0.333. The van der Waals surface area contributed by atoms with E-state index in [2.05, 4.69) is 25.8 Å². The molecular weight excluding hydrogens is 310 g/mol. The third-order valence-electron chi connectivity index (χ3n) is 5.73. The van der Waals surface area contributed by atoms with Gasteiger partial charge in [-0.1, -0.05) is 104 Å². The molecule has 3 nitrogen and oxygen atoms in total. The number of aromatic nitrogens is 1. The third-order valence-corrected chi connectivity index (χ3v) is 5.73. The number of H-pyrrole nitrogens is 1. The Kier molecular flexibility index (Phi) is 11.7. The van der Waals surface area contributed by atoms with E-state index in [4.69, 9.17) is 4.42 Å². The van der Waals surface area contributed by atoms with Gasteiger partial charge in [0.05, 0.1) is 0 Å². The summed E-state index contributed by atoms with van der Waals surface area (Å²) in [6.07, 6.45) is 21.8. The molecular formula is C22H41NO2. The molecule has 0 spiro atoms. The van der Waals surface area contributed by atoms with Crippen LogP contribution in [0.25, 0.3) is 0 Å². The first-order chi connectivity index (χ1) is 12.1. The molecule has 1 aromatic rings. The van der Waals surface area contributed by atoms with E-state index in [1.165, 1.54) is 83.5 Å². The zero-order valence-corrected chi connectivity index (χ0v) is 17.0. The molecule has 1 atom stereocenters. The van der Waals surface area contributed by atoms with Gasteiger partial charge >= 0.3 is 5.76 Å². The molecule has 0 aliphatic heterocycles. The van der Waals surface area contributed by atoms with Gasteiger partial charge in [0.15, 0.2) is 0 Å². The molecule has 0 aromatic carbocycles. The van der Waals surface area contributed by atoms with Gasteiger partial charge in [-0.05, 0) is 12.8 Å². The molecule has 0 saturated carbocycles. The van der Waals surface area contributed by atoms with Crippen molar-refractivity contribution >= 4 is 0 Å². The standard InChI is InChI=1S/C22H41NO2/c1-4-6-7-8-9-10-11-12-13-14-15-16-17-18-22(3,5-2)20-19-23-21(24)25-20/h19H,4-18H2,1-3H3,(H,23,24). The number of oxazole rings is 1.